The van der Waals surface area contributed by atoms with Gasteiger partial charge in [-0.05, 0) is 34.8 Å². The van der Waals surface area contributed by atoms with Crippen molar-refractivity contribution in [3.05, 3.63) is 12.3 Å². The summed E-state index contributed by atoms with van der Waals surface area (Å²) in [5.41, 5.74) is 0. The zero-order valence-electron chi connectivity index (χ0n) is 7.84. The summed E-state index contributed by atoms with van der Waals surface area (Å²) >= 11 is 3.20. The smallest absolute Gasteiger partial charge is 0.218 e. The molecule has 0 bridgehead atoms. The molecule has 0 saturated heterocycles. The Bertz CT molecular complexity index is 414. The number of hydrogen-bond donors (Lipinski definition) is 1. The maximum absolute atomic E-state index is 11.3. The SMILES string of the molecule is NS(=O)(=O)C1C=CN=C(Br)C1OC1CC1. The Hall–Kier alpha value is -0.240. The van der Waals surface area contributed by atoms with Crippen molar-refractivity contribution in [3.63, 3.8) is 0 Å². The summed E-state index contributed by atoms with van der Waals surface area (Å²) in [5.74, 6) is 0. The zero-order valence-corrected chi connectivity index (χ0v) is 10.2. The van der Waals surface area contributed by atoms with E-state index in [0.717, 1.165) is 12.8 Å². The van der Waals surface area contributed by atoms with Crippen LogP contribution in [0.3, 0.4) is 0 Å². The van der Waals surface area contributed by atoms with Crippen LogP contribution >= 0.6 is 15.9 Å². The van der Waals surface area contributed by atoms with Crippen molar-refractivity contribution in [3.8, 4) is 0 Å². The fourth-order valence-corrected chi connectivity index (χ4v) is 2.85. The second kappa shape index (κ2) is 3.97. The van der Waals surface area contributed by atoms with Gasteiger partial charge in [-0.3, -0.25) is 4.99 Å². The highest BCUT2D eigenvalue weighted by molar-refractivity contribution is 9.18. The van der Waals surface area contributed by atoms with Crippen molar-refractivity contribution < 1.29 is 13.2 Å². The zero-order chi connectivity index (χ0) is 11.1. The van der Waals surface area contributed by atoms with Crippen molar-refractivity contribution in [2.75, 3.05) is 0 Å². The summed E-state index contributed by atoms with van der Waals surface area (Å²) in [6.07, 6.45) is 4.36. The third-order valence-corrected chi connectivity index (χ3v) is 4.07. The summed E-state index contributed by atoms with van der Waals surface area (Å²) in [6, 6.07) is 0. The summed E-state index contributed by atoms with van der Waals surface area (Å²) < 4.78 is 28.7. The van der Waals surface area contributed by atoms with E-state index in [1.807, 2.05) is 0 Å². The molecular weight excluding hydrogens is 284 g/mol. The number of halogens is 1. The number of ether oxygens (including phenoxy) is 1. The van der Waals surface area contributed by atoms with Gasteiger partial charge in [-0.2, -0.15) is 0 Å². The lowest BCUT2D eigenvalue weighted by Crippen LogP contribution is -2.43. The van der Waals surface area contributed by atoms with Gasteiger partial charge in [0.1, 0.15) is 16.0 Å². The third-order valence-electron chi connectivity index (χ3n) is 2.25. The quantitative estimate of drug-likeness (QED) is 0.823. The molecule has 0 amide bonds. The predicted octanol–water partition coefficient (Wildman–Crippen LogP) is 0.512. The van der Waals surface area contributed by atoms with E-state index in [1.54, 1.807) is 0 Å². The number of nitrogens with two attached hydrogens (primary N) is 1. The van der Waals surface area contributed by atoms with Crippen LogP contribution in [0.1, 0.15) is 12.8 Å². The molecule has 1 fully saturated rings. The molecule has 15 heavy (non-hydrogen) atoms. The first-order chi connectivity index (χ1) is 6.98. The molecule has 0 aromatic heterocycles. The van der Waals surface area contributed by atoms with Crippen molar-refractivity contribution in [2.24, 2.45) is 10.1 Å². The van der Waals surface area contributed by atoms with E-state index in [1.165, 1.54) is 12.3 Å². The normalized spacial score (nSPS) is 31.5. The van der Waals surface area contributed by atoms with Gasteiger partial charge in [0.2, 0.25) is 10.0 Å². The fourth-order valence-electron chi connectivity index (χ4n) is 1.34. The third kappa shape index (κ3) is 2.66. The Morgan fingerprint density at radius 1 is 1.53 bits per heavy atom. The molecule has 1 aliphatic heterocycles. The second-order valence-electron chi connectivity index (χ2n) is 3.60. The van der Waals surface area contributed by atoms with E-state index in [-0.39, 0.29) is 6.10 Å². The molecule has 1 saturated carbocycles. The monoisotopic (exact) mass is 294 g/mol. The van der Waals surface area contributed by atoms with Crippen LogP contribution in [0.4, 0.5) is 0 Å². The molecule has 2 atom stereocenters. The maximum atomic E-state index is 11.3. The van der Waals surface area contributed by atoms with E-state index < -0.39 is 21.4 Å². The van der Waals surface area contributed by atoms with E-state index in [0.29, 0.717) is 4.62 Å². The van der Waals surface area contributed by atoms with E-state index in [9.17, 15) is 8.42 Å². The van der Waals surface area contributed by atoms with Gasteiger partial charge >= 0.3 is 0 Å². The highest BCUT2D eigenvalue weighted by Crippen LogP contribution is 2.29. The van der Waals surface area contributed by atoms with Crippen LogP contribution in [0.15, 0.2) is 17.3 Å². The number of rotatable bonds is 3. The van der Waals surface area contributed by atoms with Crippen LogP contribution in [0, 0.1) is 0 Å². The van der Waals surface area contributed by atoms with E-state index >= 15 is 0 Å². The van der Waals surface area contributed by atoms with Gasteiger partial charge < -0.3 is 4.74 Å². The molecular formula is C8H11BrN2O3S. The maximum Gasteiger partial charge on any atom is 0.218 e. The number of primary sulfonamides is 1. The van der Waals surface area contributed by atoms with Crippen molar-refractivity contribution >= 4 is 30.6 Å². The molecule has 1 aliphatic carbocycles. The summed E-state index contributed by atoms with van der Waals surface area (Å²) in [5, 5.41) is 4.28. The lowest BCUT2D eigenvalue weighted by Gasteiger charge is -2.24. The molecule has 2 unspecified atom stereocenters. The number of nitrogens with zero attached hydrogens (tertiary/aromatic N) is 1. The topological polar surface area (TPSA) is 81.8 Å². The van der Waals surface area contributed by atoms with Crippen LogP contribution in [0.2, 0.25) is 0 Å². The lowest BCUT2D eigenvalue weighted by atomic mass is 10.2. The van der Waals surface area contributed by atoms with E-state index in [2.05, 4.69) is 20.9 Å². The molecule has 0 spiro atoms. The summed E-state index contributed by atoms with van der Waals surface area (Å²) in [4.78, 5) is 3.96. The molecule has 5 nitrogen and oxygen atoms in total. The molecule has 0 aromatic rings. The Labute approximate surface area is 96.6 Å². The predicted molar refractivity (Wildman–Crippen MR) is 60.3 cm³/mol. The first-order valence-corrected chi connectivity index (χ1v) is 6.95. The molecule has 2 N–H and O–H groups in total. The number of sulfonamides is 1. The molecule has 2 rings (SSSR count). The molecule has 0 radical (unpaired) electrons. The van der Waals surface area contributed by atoms with Gasteiger partial charge in [-0.25, -0.2) is 13.6 Å². The van der Waals surface area contributed by atoms with E-state index in [4.69, 9.17) is 9.88 Å². The summed E-state index contributed by atoms with van der Waals surface area (Å²) in [7, 11) is -3.65. The lowest BCUT2D eigenvalue weighted by molar-refractivity contribution is 0.0884. The first-order valence-electron chi connectivity index (χ1n) is 4.55. The van der Waals surface area contributed by atoms with Gasteiger partial charge in [-0.15, -0.1) is 0 Å². The summed E-state index contributed by atoms with van der Waals surface area (Å²) in [6.45, 7) is 0. The molecule has 7 heteroatoms. The minimum Gasteiger partial charge on any atom is -0.366 e. The Kier molecular flexibility index (Phi) is 2.98. The standard InChI is InChI=1S/C8H11BrN2O3S/c9-8-7(14-5-1-2-5)6(3-4-11-8)15(10,12)13/h3-7H,1-2H2,(H2,10,12,13). The van der Waals surface area contributed by atoms with Crippen molar-refractivity contribution in [2.45, 2.75) is 30.3 Å². The largest absolute Gasteiger partial charge is 0.366 e. The molecule has 0 aromatic carbocycles. The van der Waals surface area contributed by atoms with Gasteiger partial charge in [0.15, 0.2) is 0 Å². The van der Waals surface area contributed by atoms with Gasteiger partial charge in [0, 0.05) is 6.20 Å². The Morgan fingerprint density at radius 2 is 2.20 bits per heavy atom. The highest BCUT2D eigenvalue weighted by Gasteiger charge is 2.38. The number of aliphatic imine (C=N–C) groups is 1. The van der Waals surface area contributed by atoms with Gasteiger partial charge in [0.25, 0.3) is 0 Å². The minimum absolute atomic E-state index is 0.147. The van der Waals surface area contributed by atoms with Crippen LogP contribution in [0.25, 0.3) is 0 Å². The minimum atomic E-state index is -3.65. The highest BCUT2D eigenvalue weighted by atomic mass is 79.9. The van der Waals surface area contributed by atoms with Crippen LogP contribution < -0.4 is 5.14 Å². The average Bonchev–Trinajstić information content (AvgIpc) is 2.90. The van der Waals surface area contributed by atoms with Gasteiger partial charge in [-0.1, -0.05) is 0 Å². The van der Waals surface area contributed by atoms with Crippen molar-refractivity contribution in [1.29, 1.82) is 0 Å². The van der Waals surface area contributed by atoms with Crippen LogP contribution in [-0.2, 0) is 14.8 Å². The van der Waals surface area contributed by atoms with Crippen LogP contribution in [0.5, 0.6) is 0 Å². The molecule has 1 heterocycles. The second-order valence-corrected chi connectivity index (χ2v) is 6.14. The molecule has 2 aliphatic rings. The Morgan fingerprint density at radius 3 is 2.73 bits per heavy atom. The van der Waals surface area contributed by atoms with Crippen molar-refractivity contribution in [1.82, 2.24) is 0 Å². The first kappa shape index (κ1) is 11.3. The molecule has 84 valence electrons. The van der Waals surface area contributed by atoms with Crippen LogP contribution in [-0.4, -0.2) is 30.5 Å². The average molecular weight is 295 g/mol. The Balaban J connectivity index is 2.20. The number of hydrogen-bond acceptors (Lipinski definition) is 4. The van der Waals surface area contributed by atoms with Gasteiger partial charge in [0.05, 0.1) is 6.10 Å². The fraction of sp³-hybridized carbons (Fsp3) is 0.625.